The molecule has 0 bridgehead atoms. The van der Waals surface area contributed by atoms with E-state index in [1.807, 2.05) is 0 Å². The molecule has 0 aromatic heterocycles. The van der Waals surface area contributed by atoms with Crippen molar-refractivity contribution >= 4 is 0 Å². The lowest BCUT2D eigenvalue weighted by Gasteiger charge is -2.17. The van der Waals surface area contributed by atoms with Gasteiger partial charge >= 0.3 is 0 Å². The summed E-state index contributed by atoms with van der Waals surface area (Å²) in [7, 11) is 0. The highest BCUT2D eigenvalue weighted by Gasteiger charge is 2.09. The molecular weight excluding hydrogens is 212 g/mol. The van der Waals surface area contributed by atoms with Crippen molar-refractivity contribution in [2.45, 2.75) is 83.7 Å². The van der Waals surface area contributed by atoms with Crippen LogP contribution in [0.25, 0.3) is 0 Å². The fourth-order valence-corrected chi connectivity index (χ4v) is 2.46. The maximum absolute atomic E-state index is 5.84. The van der Waals surface area contributed by atoms with Crippen LogP contribution >= 0.6 is 0 Å². The first-order valence-electron chi connectivity index (χ1n) is 7.63. The quantitative estimate of drug-likeness (QED) is 0.515. The summed E-state index contributed by atoms with van der Waals surface area (Å²) in [4.78, 5) is 0. The molecule has 0 saturated heterocycles. The Hall–Kier alpha value is -0.0800. The number of hydrogen-bond acceptors (Lipinski definition) is 2. The van der Waals surface area contributed by atoms with Gasteiger partial charge in [0.2, 0.25) is 0 Å². The molecule has 0 amide bonds. The fourth-order valence-electron chi connectivity index (χ4n) is 2.46. The summed E-state index contributed by atoms with van der Waals surface area (Å²) >= 11 is 0. The molecule has 1 rings (SSSR count). The molecule has 0 unspecified atom stereocenters. The minimum Gasteiger partial charge on any atom is -0.355 e. The molecule has 0 N–H and O–H groups in total. The highest BCUT2D eigenvalue weighted by Crippen LogP contribution is 2.18. The molecule has 1 aliphatic rings. The molecule has 0 spiro atoms. The second kappa shape index (κ2) is 11.0. The maximum Gasteiger partial charge on any atom is 0.147 e. The van der Waals surface area contributed by atoms with Gasteiger partial charge in [-0.3, -0.25) is 0 Å². The third kappa shape index (κ3) is 8.62. The third-order valence-electron chi connectivity index (χ3n) is 3.54. The van der Waals surface area contributed by atoms with Crippen LogP contribution in [0.4, 0.5) is 0 Å². The summed E-state index contributed by atoms with van der Waals surface area (Å²) < 4.78 is 11.3. The fraction of sp³-hybridized carbons (Fsp3) is 1.00. The largest absolute Gasteiger partial charge is 0.355 e. The van der Waals surface area contributed by atoms with E-state index in [1.165, 1.54) is 64.2 Å². The SMILES string of the molecule is CCCOCOC1CCCCCCCCCC1. The van der Waals surface area contributed by atoms with E-state index in [9.17, 15) is 0 Å². The summed E-state index contributed by atoms with van der Waals surface area (Å²) in [5, 5.41) is 0. The van der Waals surface area contributed by atoms with Gasteiger partial charge in [-0.2, -0.15) is 0 Å². The van der Waals surface area contributed by atoms with Crippen LogP contribution in [0.1, 0.15) is 77.6 Å². The Morgan fingerprint density at radius 1 is 0.824 bits per heavy atom. The zero-order valence-corrected chi connectivity index (χ0v) is 11.6. The van der Waals surface area contributed by atoms with Crippen molar-refractivity contribution in [1.82, 2.24) is 0 Å². The van der Waals surface area contributed by atoms with Crippen LogP contribution in [0.5, 0.6) is 0 Å². The molecule has 0 aliphatic heterocycles. The van der Waals surface area contributed by atoms with E-state index in [-0.39, 0.29) is 0 Å². The molecule has 1 fully saturated rings. The Morgan fingerprint density at radius 3 is 1.88 bits per heavy atom. The zero-order chi connectivity index (χ0) is 12.2. The first kappa shape index (κ1) is 15.0. The average Bonchev–Trinajstić information content (AvgIpc) is 2.40. The van der Waals surface area contributed by atoms with Crippen molar-refractivity contribution in [2.24, 2.45) is 0 Å². The highest BCUT2D eigenvalue weighted by molar-refractivity contribution is 4.61. The van der Waals surface area contributed by atoms with E-state index in [0.717, 1.165) is 13.0 Å². The molecule has 17 heavy (non-hydrogen) atoms. The van der Waals surface area contributed by atoms with Gasteiger partial charge < -0.3 is 9.47 Å². The summed E-state index contributed by atoms with van der Waals surface area (Å²) in [5.41, 5.74) is 0. The number of ether oxygens (including phenoxy) is 2. The van der Waals surface area contributed by atoms with E-state index < -0.39 is 0 Å². The Labute approximate surface area is 107 Å². The Balaban J connectivity index is 2.13. The van der Waals surface area contributed by atoms with Gasteiger partial charge in [0, 0.05) is 6.61 Å². The second-order valence-electron chi connectivity index (χ2n) is 5.22. The van der Waals surface area contributed by atoms with Crippen LogP contribution in [0, 0.1) is 0 Å². The van der Waals surface area contributed by atoms with E-state index >= 15 is 0 Å². The Morgan fingerprint density at radius 2 is 1.35 bits per heavy atom. The second-order valence-corrected chi connectivity index (χ2v) is 5.22. The number of rotatable bonds is 5. The molecule has 0 heterocycles. The van der Waals surface area contributed by atoms with Crippen molar-refractivity contribution in [3.63, 3.8) is 0 Å². The van der Waals surface area contributed by atoms with Crippen LogP contribution in [-0.4, -0.2) is 19.5 Å². The molecule has 0 aromatic carbocycles. The molecule has 0 radical (unpaired) electrons. The molecule has 0 aromatic rings. The van der Waals surface area contributed by atoms with Crippen LogP contribution in [0.2, 0.25) is 0 Å². The van der Waals surface area contributed by atoms with E-state index in [2.05, 4.69) is 6.92 Å². The van der Waals surface area contributed by atoms with Gasteiger partial charge in [0.15, 0.2) is 0 Å². The van der Waals surface area contributed by atoms with Gasteiger partial charge in [-0.1, -0.05) is 58.3 Å². The molecule has 2 nitrogen and oxygen atoms in total. The Bertz CT molecular complexity index is 147. The van der Waals surface area contributed by atoms with Crippen molar-refractivity contribution in [3.8, 4) is 0 Å². The van der Waals surface area contributed by atoms with Crippen LogP contribution in [0.15, 0.2) is 0 Å². The predicted molar refractivity (Wildman–Crippen MR) is 72.2 cm³/mol. The summed E-state index contributed by atoms with van der Waals surface area (Å²) in [5.74, 6) is 0. The van der Waals surface area contributed by atoms with Gasteiger partial charge in [-0.25, -0.2) is 0 Å². The van der Waals surface area contributed by atoms with Gasteiger partial charge in [-0.15, -0.1) is 0 Å². The van der Waals surface area contributed by atoms with E-state index in [0.29, 0.717) is 12.9 Å². The standard InChI is InChI=1S/C15H30O2/c1-2-13-16-14-17-15-11-9-7-5-3-4-6-8-10-12-15/h15H,2-14H2,1H3. The highest BCUT2D eigenvalue weighted by atomic mass is 16.7. The maximum atomic E-state index is 5.84. The lowest BCUT2D eigenvalue weighted by atomic mass is 10.1. The first-order chi connectivity index (χ1) is 8.43. The molecule has 102 valence electrons. The molecular formula is C15H30O2. The van der Waals surface area contributed by atoms with E-state index in [1.54, 1.807) is 0 Å². The number of hydrogen-bond donors (Lipinski definition) is 0. The predicted octanol–water partition coefficient (Wildman–Crippen LogP) is 4.67. The Kier molecular flexibility index (Phi) is 9.72. The van der Waals surface area contributed by atoms with Crippen molar-refractivity contribution in [3.05, 3.63) is 0 Å². The monoisotopic (exact) mass is 242 g/mol. The molecule has 0 atom stereocenters. The van der Waals surface area contributed by atoms with Crippen LogP contribution in [0.3, 0.4) is 0 Å². The van der Waals surface area contributed by atoms with E-state index in [4.69, 9.17) is 9.47 Å². The minimum atomic E-state index is 0.449. The smallest absolute Gasteiger partial charge is 0.147 e. The van der Waals surface area contributed by atoms with Crippen LogP contribution in [-0.2, 0) is 9.47 Å². The molecule has 2 heteroatoms. The summed E-state index contributed by atoms with van der Waals surface area (Å²) in [6.07, 6.45) is 15.1. The van der Waals surface area contributed by atoms with Gasteiger partial charge in [0.05, 0.1) is 6.10 Å². The summed E-state index contributed by atoms with van der Waals surface area (Å²) in [6, 6.07) is 0. The summed E-state index contributed by atoms with van der Waals surface area (Å²) in [6.45, 7) is 3.46. The first-order valence-corrected chi connectivity index (χ1v) is 7.63. The minimum absolute atomic E-state index is 0.449. The van der Waals surface area contributed by atoms with Crippen molar-refractivity contribution < 1.29 is 9.47 Å². The van der Waals surface area contributed by atoms with Gasteiger partial charge in [0.1, 0.15) is 6.79 Å². The topological polar surface area (TPSA) is 18.5 Å². The van der Waals surface area contributed by atoms with Crippen molar-refractivity contribution in [2.75, 3.05) is 13.4 Å². The lowest BCUT2D eigenvalue weighted by molar-refractivity contribution is -0.0942. The van der Waals surface area contributed by atoms with Crippen LogP contribution < -0.4 is 0 Å². The van der Waals surface area contributed by atoms with Gasteiger partial charge in [-0.05, 0) is 19.3 Å². The normalized spacial score (nSPS) is 21.0. The van der Waals surface area contributed by atoms with Crippen molar-refractivity contribution in [1.29, 1.82) is 0 Å². The average molecular weight is 242 g/mol. The molecule has 1 saturated carbocycles. The third-order valence-corrected chi connectivity index (χ3v) is 3.54. The zero-order valence-electron chi connectivity index (χ0n) is 11.6. The molecule has 1 aliphatic carbocycles. The lowest BCUT2D eigenvalue weighted by Crippen LogP contribution is -2.15. The van der Waals surface area contributed by atoms with Gasteiger partial charge in [0.25, 0.3) is 0 Å².